The van der Waals surface area contributed by atoms with Gasteiger partial charge in [0.2, 0.25) is 0 Å². The Labute approximate surface area is 120 Å². The van der Waals surface area contributed by atoms with Crippen LogP contribution in [0.5, 0.6) is 11.8 Å². The molecular weight excluding hydrogens is 300 g/mol. The van der Waals surface area contributed by atoms with Gasteiger partial charge in [0.05, 0.1) is 5.39 Å². The molecule has 0 bridgehead atoms. The second-order valence-corrected chi connectivity index (χ2v) is 4.10. The molecule has 0 fully saturated rings. The molecule has 3 aromatic rings. The van der Waals surface area contributed by atoms with Gasteiger partial charge in [0, 0.05) is 12.3 Å². The fourth-order valence-electron chi connectivity index (χ4n) is 1.70. The summed E-state index contributed by atoms with van der Waals surface area (Å²) in [5.74, 6) is -1.79. The standard InChI is InChI=1S/C12H7F2N5O3/c13-5-1-2-8(7(14)3-5)22-11-15-4-6-9(16-11)18-19-10(6)17-12(20)21/h1-4H,(H,20,21)(H2,15,16,17,18,19). The number of aromatic amines is 1. The van der Waals surface area contributed by atoms with Gasteiger partial charge < -0.3 is 9.84 Å². The van der Waals surface area contributed by atoms with E-state index in [9.17, 15) is 13.6 Å². The summed E-state index contributed by atoms with van der Waals surface area (Å²) in [6, 6.07) is 2.57. The summed E-state index contributed by atoms with van der Waals surface area (Å²) < 4.78 is 31.4. The van der Waals surface area contributed by atoms with E-state index in [1.54, 1.807) is 0 Å². The molecule has 0 saturated carbocycles. The minimum atomic E-state index is -1.28. The summed E-state index contributed by atoms with van der Waals surface area (Å²) in [5.41, 5.74) is 0.122. The Hall–Kier alpha value is -3.30. The molecule has 0 aliphatic carbocycles. The number of anilines is 1. The van der Waals surface area contributed by atoms with Crippen LogP contribution in [0.4, 0.5) is 19.4 Å². The summed E-state index contributed by atoms with van der Waals surface area (Å²) in [6.45, 7) is 0. The monoisotopic (exact) mass is 307 g/mol. The van der Waals surface area contributed by atoms with Crippen molar-refractivity contribution >= 4 is 22.9 Å². The van der Waals surface area contributed by atoms with Gasteiger partial charge in [0.15, 0.2) is 17.2 Å². The molecule has 8 nitrogen and oxygen atoms in total. The van der Waals surface area contributed by atoms with Gasteiger partial charge in [-0.15, -0.1) is 0 Å². The summed E-state index contributed by atoms with van der Waals surface area (Å²) in [5, 5.41) is 17.3. The van der Waals surface area contributed by atoms with Crippen molar-refractivity contribution in [2.75, 3.05) is 5.32 Å². The first kappa shape index (κ1) is 13.7. The average Bonchev–Trinajstić information content (AvgIpc) is 2.84. The number of benzene rings is 1. The van der Waals surface area contributed by atoms with Gasteiger partial charge in [-0.05, 0) is 12.1 Å². The van der Waals surface area contributed by atoms with Crippen molar-refractivity contribution in [3.63, 3.8) is 0 Å². The summed E-state index contributed by atoms with van der Waals surface area (Å²) >= 11 is 0. The van der Waals surface area contributed by atoms with Crippen LogP contribution >= 0.6 is 0 Å². The fraction of sp³-hybridized carbons (Fsp3) is 0. The molecule has 0 aliphatic rings. The van der Waals surface area contributed by atoms with Crippen LogP contribution in [-0.4, -0.2) is 31.4 Å². The van der Waals surface area contributed by atoms with Crippen molar-refractivity contribution in [3.8, 4) is 11.8 Å². The highest BCUT2D eigenvalue weighted by atomic mass is 19.1. The average molecular weight is 307 g/mol. The minimum absolute atomic E-state index is 0.0991. The predicted molar refractivity (Wildman–Crippen MR) is 69.8 cm³/mol. The first-order valence-electron chi connectivity index (χ1n) is 5.87. The first-order valence-corrected chi connectivity index (χ1v) is 5.87. The number of rotatable bonds is 3. The molecule has 112 valence electrons. The maximum atomic E-state index is 13.5. The molecule has 2 aromatic heterocycles. The second kappa shape index (κ2) is 5.24. The number of H-pyrrole nitrogens is 1. The van der Waals surface area contributed by atoms with Gasteiger partial charge in [-0.3, -0.25) is 10.4 Å². The van der Waals surface area contributed by atoms with Crippen molar-refractivity contribution in [2.45, 2.75) is 0 Å². The molecule has 22 heavy (non-hydrogen) atoms. The lowest BCUT2D eigenvalue weighted by Crippen LogP contribution is -2.07. The molecule has 3 N–H and O–H groups in total. The van der Waals surface area contributed by atoms with Crippen LogP contribution in [-0.2, 0) is 0 Å². The van der Waals surface area contributed by atoms with Gasteiger partial charge in [-0.1, -0.05) is 0 Å². The molecule has 1 amide bonds. The van der Waals surface area contributed by atoms with E-state index in [0.717, 1.165) is 12.1 Å². The smallest absolute Gasteiger partial charge is 0.410 e. The van der Waals surface area contributed by atoms with Crippen molar-refractivity contribution in [2.24, 2.45) is 0 Å². The van der Waals surface area contributed by atoms with Crippen LogP contribution < -0.4 is 10.1 Å². The second-order valence-electron chi connectivity index (χ2n) is 4.10. The van der Waals surface area contributed by atoms with Gasteiger partial charge in [0.1, 0.15) is 11.6 Å². The largest absolute Gasteiger partial charge is 0.465 e. The molecule has 0 atom stereocenters. The number of aromatic nitrogens is 4. The van der Waals surface area contributed by atoms with Crippen LogP contribution in [0.15, 0.2) is 24.4 Å². The number of nitrogens with one attached hydrogen (secondary N) is 2. The number of carboxylic acid groups (broad SMARTS) is 1. The zero-order valence-electron chi connectivity index (χ0n) is 10.7. The summed E-state index contributed by atoms with van der Waals surface area (Å²) in [6.07, 6.45) is -0.0207. The summed E-state index contributed by atoms with van der Waals surface area (Å²) in [7, 11) is 0. The number of hydrogen-bond acceptors (Lipinski definition) is 5. The maximum Gasteiger partial charge on any atom is 0.410 e. The lowest BCUT2D eigenvalue weighted by Gasteiger charge is -2.04. The van der Waals surface area contributed by atoms with E-state index in [4.69, 9.17) is 9.84 Å². The Morgan fingerprint density at radius 2 is 2.18 bits per heavy atom. The van der Waals surface area contributed by atoms with Crippen molar-refractivity contribution in [3.05, 3.63) is 36.0 Å². The number of fused-ring (bicyclic) bond motifs is 1. The van der Waals surface area contributed by atoms with E-state index >= 15 is 0 Å². The van der Waals surface area contributed by atoms with Gasteiger partial charge in [-0.2, -0.15) is 10.1 Å². The van der Waals surface area contributed by atoms with Gasteiger partial charge in [0.25, 0.3) is 0 Å². The third kappa shape index (κ3) is 2.61. The Morgan fingerprint density at radius 3 is 2.91 bits per heavy atom. The normalized spacial score (nSPS) is 10.6. The van der Waals surface area contributed by atoms with E-state index < -0.39 is 17.7 Å². The van der Waals surface area contributed by atoms with Crippen molar-refractivity contribution in [1.82, 2.24) is 20.2 Å². The third-order valence-electron chi connectivity index (χ3n) is 2.62. The molecular formula is C12H7F2N5O3. The van der Waals surface area contributed by atoms with Crippen LogP contribution in [0.3, 0.4) is 0 Å². The maximum absolute atomic E-state index is 13.5. The highest BCUT2D eigenvalue weighted by Crippen LogP contribution is 2.25. The number of halogens is 2. The van der Waals surface area contributed by atoms with Crippen LogP contribution in [0.1, 0.15) is 0 Å². The number of ether oxygens (including phenoxy) is 1. The topological polar surface area (TPSA) is 113 Å². The summed E-state index contributed by atoms with van der Waals surface area (Å²) in [4.78, 5) is 18.3. The minimum Gasteiger partial charge on any atom is -0.465 e. The van der Waals surface area contributed by atoms with Crippen molar-refractivity contribution in [1.29, 1.82) is 0 Å². The van der Waals surface area contributed by atoms with Gasteiger partial charge in [-0.25, -0.2) is 18.6 Å². The van der Waals surface area contributed by atoms with Crippen molar-refractivity contribution < 1.29 is 23.4 Å². The lowest BCUT2D eigenvalue weighted by molar-refractivity contribution is 0.209. The molecule has 1 aromatic carbocycles. The number of carbonyl (C=O) groups is 1. The van der Waals surface area contributed by atoms with Crippen LogP contribution in [0.25, 0.3) is 11.0 Å². The van der Waals surface area contributed by atoms with E-state index in [1.165, 1.54) is 6.20 Å². The molecule has 10 heteroatoms. The third-order valence-corrected chi connectivity index (χ3v) is 2.62. The number of nitrogens with zero attached hydrogens (tertiary/aromatic N) is 3. The Kier molecular flexibility index (Phi) is 3.26. The highest BCUT2D eigenvalue weighted by molar-refractivity contribution is 5.94. The highest BCUT2D eigenvalue weighted by Gasteiger charge is 2.13. The van der Waals surface area contributed by atoms with Crippen LogP contribution in [0.2, 0.25) is 0 Å². The lowest BCUT2D eigenvalue weighted by atomic mass is 10.3. The van der Waals surface area contributed by atoms with Gasteiger partial charge >= 0.3 is 12.1 Å². The Bertz CT molecular complexity index is 867. The van der Waals surface area contributed by atoms with E-state index in [1.807, 2.05) is 0 Å². The predicted octanol–water partition coefficient (Wildman–Crippen LogP) is 2.51. The molecule has 0 radical (unpaired) electrons. The molecule has 0 unspecified atom stereocenters. The molecule has 2 heterocycles. The zero-order valence-corrected chi connectivity index (χ0v) is 10.7. The fourth-order valence-corrected chi connectivity index (χ4v) is 1.70. The molecule has 3 rings (SSSR count). The number of hydrogen-bond donors (Lipinski definition) is 3. The van der Waals surface area contributed by atoms with Crippen LogP contribution in [0, 0.1) is 11.6 Å². The van der Waals surface area contributed by atoms with E-state index in [-0.39, 0.29) is 23.2 Å². The Balaban J connectivity index is 1.90. The molecule has 0 spiro atoms. The van der Waals surface area contributed by atoms with E-state index in [2.05, 4.69) is 25.5 Å². The molecule has 0 saturated heterocycles. The Morgan fingerprint density at radius 1 is 1.36 bits per heavy atom. The SMILES string of the molecule is O=C(O)Nc1[nH]nc2nc(Oc3ccc(F)cc3F)ncc12. The number of amides is 1. The zero-order chi connectivity index (χ0) is 15.7. The quantitative estimate of drug-likeness (QED) is 0.685. The first-order chi connectivity index (χ1) is 10.5. The van der Waals surface area contributed by atoms with E-state index in [0.29, 0.717) is 11.5 Å². The molecule has 0 aliphatic heterocycles.